The first-order valence-electron chi connectivity index (χ1n) is 10.5. The number of hydrogen-bond acceptors (Lipinski definition) is 5. The van der Waals surface area contributed by atoms with Gasteiger partial charge in [0.1, 0.15) is 0 Å². The van der Waals surface area contributed by atoms with Crippen molar-refractivity contribution in [1.82, 2.24) is 0 Å². The SMILES string of the molecule is CCCCCCCCCCC(=O)C(=O)SCCC[Si](C)(OCC)OCC. The second kappa shape index (κ2) is 17.0. The molecule has 0 rings (SSSR count). The van der Waals surface area contributed by atoms with Crippen LogP contribution in [0, 0.1) is 0 Å². The summed E-state index contributed by atoms with van der Waals surface area (Å²) in [6.07, 6.45) is 10.8. The molecule has 0 N–H and O–H groups in total. The van der Waals surface area contributed by atoms with E-state index < -0.39 is 8.56 Å². The zero-order valence-corrected chi connectivity index (χ0v) is 19.3. The van der Waals surface area contributed by atoms with E-state index in [2.05, 4.69) is 13.5 Å². The van der Waals surface area contributed by atoms with Gasteiger partial charge >= 0.3 is 8.56 Å². The third-order valence-electron chi connectivity index (χ3n) is 4.39. The van der Waals surface area contributed by atoms with Gasteiger partial charge < -0.3 is 8.85 Å². The molecule has 26 heavy (non-hydrogen) atoms. The van der Waals surface area contributed by atoms with Crippen LogP contribution in [0.3, 0.4) is 0 Å². The van der Waals surface area contributed by atoms with Crippen LogP contribution in [-0.2, 0) is 18.4 Å². The summed E-state index contributed by atoms with van der Waals surface area (Å²) < 4.78 is 11.6. The first kappa shape index (κ1) is 25.8. The number of unbranched alkanes of at least 4 members (excludes halogenated alkanes) is 7. The summed E-state index contributed by atoms with van der Waals surface area (Å²) in [5.74, 6) is 0.459. The van der Waals surface area contributed by atoms with Crippen LogP contribution in [0.25, 0.3) is 0 Å². The molecule has 0 aromatic carbocycles. The van der Waals surface area contributed by atoms with Crippen LogP contribution < -0.4 is 0 Å². The molecule has 0 atom stereocenters. The average Bonchev–Trinajstić information content (AvgIpc) is 2.61. The fourth-order valence-corrected chi connectivity index (χ4v) is 6.36. The van der Waals surface area contributed by atoms with Crippen molar-refractivity contribution >= 4 is 31.2 Å². The minimum atomic E-state index is -2.10. The molecule has 0 unspecified atom stereocenters. The Morgan fingerprint density at radius 1 is 0.808 bits per heavy atom. The van der Waals surface area contributed by atoms with Gasteiger partial charge in [-0.2, -0.15) is 0 Å². The Kier molecular flexibility index (Phi) is 16.8. The van der Waals surface area contributed by atoms with Gasteiger partial charge in [-0.15, -0.1) is 0 Å². The molecule has 0 heterocycles. The fraction of sp³-hybridized carbons (Fsp3) is 0.900. The monoisotopic (exact) mass is 404 g/mol. The van der Waals surface area contributed by atoms with Gasteiger partial charge in [0, 0.05) is 25.4 Å². The highest BCUT2D eigenvalue weighted by Gasteiger charge is 2.30. The van der Waals surface area contributed by atoms with Crippen LogP contribution in [0.15, 0.2) is 0 Å². The lowest BCUT2D eigenvalue weighted by atomic mass is 10.1. The third kappa shape index (κ3) is 14.0. The second-order valence-corrected chi connectivity index (χ2v) is 11.3. The number of hydrogen-bond donors (Lipinski definition) is 0. The van der Waals surface area contributed by atoms with Crippen LogP contribution in [0.4, 0.5) is 0 Å². The van der Waals surface area contributed by atoms with E-state index >= 15 is 0 Å². The van der Waals surface area contributed by atoms with Crippen molar-refractivity contribution in [3.05, 3.63) is 0 Å². The molecule has 0 aliphatic heterocycles. The normalized spacial score (nSPS) is 11.7. The average molecular weight is 405 g/mol. The minimum Gasteiger partial charge on any atom is -0.395 e. The Bertz CT molecular complexity index is 371. The maximum Gasteiger partial charge on any atom is 0.334 e. The number of carbonyl (C=O) groups is 2. The smallest absolute Gasteiger partial charge is 0.334 e. The van der Waals surface area contributed by atoms with Crippen molar-refractivity contribution in [3.63, 3.8) is 0 Å². The van der Waals surface area contributed by atoms with Crippen molar-refractivity contribution in [3.8, 4) is 0 Å². The first-order valence-corrected chi connectivity index (χ1v) is 14.0. The highest BCUT2D eigenvalue weighted by molar-refractivity contribution is 8.15. The van der Waals surface area contributed by atoms with E-state index in [1.807, 2.05) is 13.8 Å². The Balaban J connectivity index is 3.74. The molecule has 0 saturated heterocycles. The van der Waals surface area contributed by atoms with Gasteiger partial charge in [-0.1, -0.05) is 63.6 Å². The zero-order valence-electron chi connectivity index (χ0n) is 17.4. The Hall–Kier alpha value is -0.173. The molecule has 0 radical (unpaired) electrons. The molecule has 6 heteroatoms. The quantitative estimate of drug-likeness (QED) is 0.162. The summed E-state index contributed by atoms with van der Waals surface area (Å²) in [5.41, 5.74) is 0. The van der Waals surface area contributed by atoms with Gasteiger partial charge in [0.15, 0.2) is 0 Å². The van der Waals surface area contributed by atoms with Gasteiger partial charge in [0.2, 0.25) is 5.78 Å². The summed E-state index contributed by atoms with van der Waals surface area (Å²) in [4.78, 5) is 23.8. The molecule has 4 nitrogen and oxygen atoms in total. The van der Waals surface area contributed by atoms with Crippen molar-refractivity contribution in [2.75, 3.05) is 19.0 Å². The van der Waals surface area contributed by atoms with E-state index in [1.165, 1.54) is 38.5 Å². The Morgan fingerprint density at radius 3 is 1.88 bits per heavy atom. The van der Waals surface area contributed by atoms with E-state index in [0.717, 1.165) is 37.1 Å². The molecule has 0 aliphatic rings. The van der Waals surface area contributed by atoms with Crippen LogP contribution in [-0.4, -0.2) is 38.4 Å². The summed E-state index contributed by atoms with van der Waals surface area (Å²) in [6, 6.07) is 0.862. The highest BCUT2D eigenvalue weighted by Crippen LogP contribution is 2.19. The van der Waals surface area contributed by atoms with E-state index in [0.29, 0.717) is 25.4 Å². The lowest BCUT2D eigenvalue weighted by Gasteiger charge is -2.25. The highest BCUT2D eigenvalue weighted by atomic mass is 32.2. The molecule has 0 aliphatic carbocycles. The second-order valence-electron chi connectivity index (χ2n) is 6.89. The Morgan fingerprint density at radius 2 is 1.35 bits per heavy atom. The molecule has 0 spiro atoms. The fourth-order valence-electron chi connectivity index (χ4n) is 2.96. The van der Waals surface area contributed by atoms with Crippen molar-refractivity contribution in [2.45, 2.75) is 97.6 Å². The zero-order chi connectivity index (χ0) is 19.7. The van der Waals surface area contributed by atoms with E-state index in [-0.39, 0.29) is 10.9 Å². The number of carbonyl (C=O) groups excluding carboxylic acids is 2. The predicted molar refractivity (Wildman–Crippen MR) is 114 cm³/mol. The number of Topliss-reactive ketones (excluding diaryl/α,β-unsaturated/α-hetero) is 1. The number of thioether (sulfide) groups is 1. The van der Waals surface area contributed by atoms with Crippen molar-refractivity contribution < 1.29 is 18.4 Å². The van der Waals surface area contributed by atoms with Crippen LogP contribution in [0.5, 0.6) is 0 Å². The molecular weight excluding hydrogens is 364 g/mol. The number of ketones is 1. The van der Waals surface area contributed by atoms with Gasteiger partial charge in [0.05, 0.1) is 0 Å². The van der Waals surface area contributed by atoms with Crippen LogP contribution in [0.2, 0.25) is 12.6 Å². The first-order chi connectivity index (χ1) is 12.5. The summed E-state index contributed by atoms with van der Waals surface area (Å²) in [5, 5.41) is -0.274. The molecule has 0 aromatic rings. The summed E-state index contributed by atoms with van der Waals surface area (Å²) in [7, 11) is -2.10. The molecule has 0 fully saturated rings. The topological polar surface area (TPSA) is 52.6 Å². The molecule has 0 saturated carbocycles. The third-order valence-corrected chi connectivity index (χ3v) is 8.44. The van der Waals surface area contributed by atoms with Gasteiger partial charge in [-0.25, -0.2) is 0 Å². The van der Waals surface area contributed by atoms with E-state index in [4.69, 9.17) is 8.85 Å². The standard InChI is InChI=1S/C20H40O4SSi/c1-5-8-9-10-11-12-13-14-16-19(21)20(22)25-17-15-18-26(4,23-6-2)24-7-3/h5-18H2,1-4H3. The molecule has 154 valence electrons. The lowest BCUT2D eigenvalue weighted by molar-refractivity contribution is -0.131. The molecule has 0 amide bonds. The number of rotatable bonds is 18. The van der Waals surface area contributed by atoms with Gasteiger partial charge in [0.25, 0.3) is 5.12 Å². The maximum atomic E-state index is 11.9. The van der Waals surface area contributed by atoms with E-state index in [1.54, 1.807) is 0 Å². The van der Waals surface area contributed by atoms with E-state index in [9.17, 15) is 9.59 Å². The molecular formula is C20H40O4SSi. The van der Waals surface area contributed by atoms with Gasteiger partial charge in [-0.05, 0) is 39.3 Å². The minimum absolute atomic E-state index is 0.212. The van der Waals surface area contributed by atoms with Gasteiger partial charge in [-0.3, -0.25) is 9.59 Å². The van der Waals surface area contributed by atoms with Crippen LogP contribution in [0.1, 0.15) is 85.0 Å². The van der Waals surface area contributed by atoms with Crippen LogP contribution >= 0.6 is 11.8 Å². The lowest BCUT2D eigenvalue weighted by Crippen LogP contribution is -2.38. The predicted octanol–water partition coefficient (Wildman–Crippen LogP) is 5.88. The largest absolute Gasteiger partial charge is 0.395 e. The maximum absolute atomic E-state index is 11.9. The summed E-state index contributed by atoms with van der Waals surface area (Å²) in [6.45, 7) is 9.57. The summed E-state index contributed by atoms with van der Waals surface area (Å²) >= 11 is 1.16. The van der Waals surface area contributed by atoms with Crippen molar-refractivity contribution in [2.24, 2.45) is 0 Å². The molecule has 0 aromatic heterocycles. The van der Waals surface area contributed by atoms with Crippen molar-refractivity contribution in [1.29, 1.82) is 0 Å². The molecule has 0 bridgehead atoms. The Labute approximate surface area is 166 Å².